The summed E-state index contributed by atoms with van der Waals surface area (Å²) in [6.07, 6.45) is 4.17. The van der Waals surface area contributed by atoms with Crippen LogP contribution in [0.15, 0.2) is 18.3 Å². The first-order chi connectivity index (χ1) is 6.31. The highest BCUT2D eigenvalue weighted by Gasteiger charge is 2.25. The van der Waals surface area contributed by atoms with Crippen molar-refractivity contribution in [1.29, 1.82) is 0 Å². The molecular weight excluding hydrogens is 230 g/mol. The van der Waals surface area contributed by atoms with Crippen LogP contribution in [0.5, 0.6) is 0 Å². The van der Waals surface area contributed by atoms with Crippen LogP contribution in [0, 0.1) is 0 Å². The summed E-state index contributed by atoms with van der Waals surface area (Å²) in [6, 6.07) is 3.69. The molecule has 0 aliphatic heterocycles. The highest BCUT2D eigenvalue weighted by Crippen LogP contribution is 2.38. The van der Waals surface area contributed by atoms with E-state index in [1.807, 2.05) is 6.07 Å². The summed E-state index contributed by atoms with van der Waals surface area (Å²) in [5.41, 5.74) is 1.85. The second-order valence-electron chi connectivity index (χ2n) is 3.30. The Morgan fingerprint density at radius 3 is 3.00 bits per heavy atom. The standard InChI is InChI=1S/C10H10BrNO/c11-6-10(13)8-3-4-12-9(5-8)7-1-2-7/h3-5,7H,1-2,6H2. The maximum absolute atomic E-state index is 11.3. The average Bonchev–Trinajstić information content (AvgIpc) is 3.00. The molecule has 0 aromatic carbocycles. The molecule has 2 nitrogen and oxygen atoms in total. The van der Waals surface area contributed by atoms with E-state index in [9.17, 15) is 4.79 Å². The lowest BCUT2D eigenvalue weighted by molar-refractivity contribution is 0.102. The predicted molar refractivity (Wildman–Crippen MR) is 54.3 cm³/mol. The molecule has 0 atom stereocenters. The minimum Gasteiger partial charge on any atom is -0.293 e. The zero-order chi connectivity index (χ0) is 9.26. The molecule has 0 radical (unpaired) electrons. The molecule has 1 aromatic heterocycles. The van der Waals surface area contributed by atoms with Gasteiger partial charge in [-0.3, -0.25) is 9.78 Å². The van der Waals surface area contributed by atoms with E-state index in [4.69, 9.17) is 0 Å². The van der Waals surface area contributed by atoms with Gasteiger partial charge in [0.05, 0.1) is 5.33 Å². The van der Waals surface area contributed by atoms with Gasteiger partial charge < -0.3 is 0 Å². The number of alkyl halides is 1. The minimum atomic E-state index is 0.129. The summed E-state index contributed by atoms with van der Waals surface area (Å²) in [5, 5.41) is 0.390. The number of nitrogens with zero attached hydrogens (tertiary/aromatic N) is 1. The first kappa shape index (κ1) is 8.88. The first-order valence-electron chi connectivity index (χ1n) is 4.36. The van der Waals surface area contributed by atoms with E-state index in [0.717, 1.165) is 11.3 Å². The molecule has 1 heterocycles. The third-order valence-electron chi connectivity index (χ3n) is 2.22. The highest BCUT2D eigenvalue weighted by molar-refractivity contribution is 9.09. The van der Waals surface area contributed by atoms with E-state index in [2.05, 4.69) is 20.9 Å². The number of ketones is 1. The maximum Gasteiger partial charge on any atom is 0.173 e. The largest absolute Gasteiger partial charge is 0.293 e. The number of Topliss-reactive ketones (excluding diaryl/α,β-unsaturated/α-hetero) is 1. The van der Waals surface area contributed by atoms with Crippen molar-refractivity contribution in [3.8, 4) is 0 Å². The zero-order valence-electron chi connectivity index (χ0n) is 7.16. The van der Waals surface area contributed by atoms with Gasteiger partial charge in [-0.1, -0.05) is 15.9 Å². The predicted octanol–water partition coefficient (Wildman–Crippen LogP) is 2.54. The second kappa shape index (κ2) is 3.58. The van der Waals surface area contributed by atoms with Crippen LogP contribution < -0.4 is 0 Å². The lowest BCUT2D eigenvalue weighted by atomic mass is 10.1. The molecule has 2 rings (SSSR count). The lowest BCUT2D eigenvalue weighted by Crippen LogP contribution is -2.01. The van der Waals surface area contributed by atoms with Crippen molar-refractivity contribution in [2.24, 2.45) is 0 Å². The Hall–Kier alpha value is -0.700. The summed E-state index contributed by atoms with van der Waals surface area (Å²) in [5.74, 6) is 0.743. The molecule has 0 N–H and O–H groups in total. The molecule has 1 saturated carbocycles. The van der Waals surface area contributed by atoms with Crippen molar-refractivity contribution in [3.05, 3.63) is 29.6 Å². The van der Waals surface area contributed by atoms with Crippen molar-refractivity contribution in [3.63, 3.8) is 0 Å². The molecule has 1 fully saturated rings. The van der Waals surface area contributed by atoms with Gasteiger partial charge in [-0.05, 0) is 25.0 Å². The van der Waals surface area contributed by atoms with E-state index >= 15 is 0 Å². The third-order valence-corrected chi connectivity index (χ3v) is 2.73. The Morgan fingerprint density at radius 2 is 2.38 bits per heavy atom. The number of carbonyl (C=O) groups excluding carboxylic acids is 1. The molecule has 68 valence electrons. The molecule has 0 amide bonds. The fraction of sp³-hybridized carbons (Fsp3) is 0.400. The number of carbonyl (C=O) groups is 1. The Bertz CT molecular complexity index is 333. The Kier molecular flexibility index (Phi) is 2.44. The summed E-state index contributed by atoms with van der Waals surface area (Å²) in [7, 11) is 0. The molecular formula is C10H10BrNO. The van der Waals surface area contributed by atoms with E-state index in [1.165, 1.54) is 12.8 Å². The van der Waals surface area contributed by atoms with Crippen molar-refractivity contribution < 1.29 is 4.79 Å². The topological polar surface area (TPSA) is 30.0 Å². The number of pyridine rings is 1. The van der Waals surface area contributed by atoms with Gasteiger partial charge >= 0.3 is 0 Å². The molecule has 3 heteroatoms. The van der Waals surface area contributed by atoms with Gasteiger partial charge in [-0.25, -0.2) is 0 Å². The van der Waals surface area contributed by atoms with Gasteiger partial charge in [0.1, 0.15) is 0 Å². The van der Waals surface area contributed by atoms with Crippen LogP contribution in [-0.2, 0) is 0 Å². The van der Waals surface area contributed by atoms with Crippen LogP contribution in [0.2, 0.25) is 0 Å². The highest BCUT2D eigenvalue weighted by atomic mass is 79.9. The third kappa shape index (κ3) is 1.97. The van der Waals surface area contributed by atoms with Crippen LogP contribution in [0.1, 0.15) is 34.8 Å². The van der Waals surface area contributed by atoms with Crippen LogP contribution in [0.4, 0.5) is 0 Å². The van der Waals surface area contributed by atoms with Crippen LogP contribution in [0.25, 0.3) is 0 Å². The molecule has 13 heavy (non-hydrogen) atoms. The first-order valence-corrected chi connectivity index (χ1v) is 5.48. The monoisotopic (exact) mass is 239 g/mol. The van der Waals surface area contributed by atoms with Crippen LogP contribution in [0.3, 0.4) is 0 Å². The number of hydrogen-bond acceptors (Lipinski definition) is 2. The summed E-state index contributed by atoms with van der Waals surface area (Å²) in [6.45, 7) is 0. The van der Waals surface area contributed by atoms with Gasteiger partial charge in [0.2, 0.25) is 0 Å². The fourth-order valence-electron chi connectivity index (χ4n) is 1.30. The molecule has 1 aromatic rings. The summed E-state index contributed by atoms with van der Waals surface area (Å²) >= 11 is 3.16. The fourth-order valence-corrected chi connectivity index (χ4v) is 1.63. The van der Waals surface area contributed by atoms with Gasteiger partial charge in [-0.2, -0.15) is 0 Å². The Balaban J connectivity index is 2.26. The summed E-state index contributed by atoms with van der Waals surface area (Å²) < 4.78 is 0. The van der Waals surface area contributed by atoms with E-state index < -0.39 is 0 Å². The smallest absolute Gasteiger partial charge is 0.173 e. The van der Waals surface area contributed by atoms with Gasteiger partial charge in [-0.15, -0.1) is 0 Å². The van der Waals surface area contributed by atoms with Crippen LogP contribution in [-0.4, -0.2) is 16.1 Å². The van der Waals surface area contributed by atoms with Crippen LogP contribution >= 0.6 is 15.9 Å². The van der Waals surface area contributed by atoms with Crippen molar-refractivity contribution in [2.75, 3.05) is 5.33 Å². The molecule has 1 aliphatic carbocycles. The maximum atomic E-state index is 11.3. The van der Waals surface area contributed by atoms with Crippen molar-refractivity contribution >= 4 is 21.7 Å². The molecule has 0 spiro atoms. The molecule has 0 saturated heterocycles. The second-order valence-corrected chi connectivity index (χ2v) is 3.86. The quantitative estimate of drug-likeness (QED) is 0.600. The van der Waals surface area contributed by atoms with Gasteiger partial charge in [0.15, 0.2) is 5.78 Å². The lowest BCUT2D eigenvalue weighted by Gasteiger charge is -1.99. The molecule has 0 unspecified atom stereocenters. The SMILES string of the molecule is O=C(CBr)c1ccnc(C2CC2)c1. The van der Waals surface area contributed by atoms with Crippen molar-refractivity contribution in [2.45, 2.75) is 18.8 Å². The van der Waals surface area contributed by atoms with Gasteiger partial charge in [0.25, 0.3) is 0 Å². The minimum absolute atomic E-state index is 0.129. The van der Waals surface area contributed by atoms with Gasteiger partial charge in [0, 0.05) is 23.4 Å². The molecule has 1 aliphatic rings. The van der Waals surface area contributed by atoms with E-state index in [1.54, 1.807) is 12.3 Å². The number of hydrogen-bond donors (Lipinski definition) is 0. The van der Waals surface area contributed by atoms with E-state index in [-0.39, 0.29) is 5.78 Å². The van der Waals surface area contributed by atoms with Crippen molar-refractivity contribution in [1.82, 2.24) is 4.98 Å². The van der Waals surface area contributed by atoms with E-state index in [0.29, 0.717) is 11.2 Å². The Labute approximate surface area is 85.5 Å². The zero-order valence-corrected chi connectivity index (χ0v) is 8.75. The Morgan fingerprint density at radius 1 is 1.62 bits per heavy atom. The molecule has 0 bridgehead atoms. The normalized spacial score (nSPS) is 15.8. The number of aromatic nitrogens is 1. The number of halogens is 1. The number of rotatable bonds is 3. The average molecular weight is 240 g/mol. The summed E-state index contributed by atoms with van der Waals surface area (Å²) in [4.78, 5) is 15.6.